The van der Waals surface area contributed by atoms with Crippen molar-refractivity contribution in [3.63, 3.8) is 0 Å². The van der Waals surface area contributed by atoms with Gasteiger partial charge in [0, 0.05) is 34.3 Å². The number of halogens is 1. The van der Waals surface area contributed by atoms with Crippen LogP contribution in [0.25, 0.3) is 64.4 Å². The minimum Gasteiger partial charge on any atom is -0.335 e. The van der Waals surface area contributed by atoms with E-state index in [1.165, 1.54) is 17.5 Å². The molecule has 0 aliphatic carbocycles. The third kappa shape index (κ3) is 2.99. The fourth-order valence-electron chi connectivity index (χ4n) is 4.57. The van der Waals surface area contributed by atoms with Gasteiger partial charge in [0.05, 0.1) is 40.5 Å². The van der Waals surface area contributed by atoms with Gasteiger partial charge in [-0.05, 0) is 24.6 Å². The average Bonchev–Trinajstić information content (AvgIpc) is 3.62. The van der Waals surface area contributed by atoms with E-state index in [1.54, 1.807) is 35.4 Å². The van der Waals surface area contributed by atoms with E-state index in [-0.39, 0.29) is 16.8 Å². The Hall–Kier alpha value is -4.51. The van der Waals surface area contributed by atoms with Gasteiger partial charge in [-0.2, -0.15) is 5.10 Å². The quantitative estimate of drug-likeness (QED) is 0.312. The number of imidazole rings is 1. The summed E-state index contributed by atoms with van der Waals surface area (Å²) < 4.78 is 18.6. The molecule has 0 aliphatic rings. The zero-order valence-electron chi connectivity index (χ0n) is 18.9. The monoisotopic (exact) mass is 496 g/mol. The normalized spacial score (nSPS) is 11.9. The van der Waals surface area contributed by atoms with Gasteiger partial charge in [0.15, 0.2) is 11.5 Å². The van der Waals surface area contributed by atoms with Crippen LogP contribution in [0, 0.1) is 5.82 Å². The van der Waals surface area contributed by atoms with Crippen molar-refractivity contribution in [2.75, 3.05) is 0 Å². The van der Waals surface area contributed by atoms with E-state index < -0.39 is 5.82 Å². The highest BCUT2D eigenvalue weighted by molar-refractivity contribution is 7.24. The standard InChI is InChI=1S/C25H17FN8OS/c1-2-3-18(35)34-13-6-12(7-27-8-13)22-21(26)20-15(11-29-22)32-33-24(20)25-30-16-10-28-9-14(23(16)31-25)17-4-5-19(34)36-17/h4-11H,2-3H2,1H3,(H,30,31)(H,32,33). The van der Waals surface area contributed by atoms with Crippen LogP contribution in [-0.4, -0.2) is 45.6 Å². The highest BCUT2D eigenvalue weighted by Gasteiger charge is 2.16. The molecule has 0 aromatic carbocycles. The summed E-state index contributed by atoms with van der Waals surface area (Å²) in [5.41, 5.74) is 3.24. The minimum absolute atomic E-state index is 0.0754. The Morgan fingerprint density at radius 1 is 1.06 bits per heavy atom. The maximum Gasteiger partial charge on any atom is 0.232 e. The highest BCUT2D eigenvalue weighted by atomic mass is 32.1. The van der Waals surface area contributed by atoms with Crippen molar-refractivity contribution in [1.29, 1.82) is 0 Å². The van der Waals surface area contributed by atoms with E-state index in [0.29, 0.717) is 51.5 Å². The second kappa shape index (κ2) is 7.75. The molecule has 7 rings (SSSR count). The lowest BCUT2D eigenvalue weighted by Crippen LogP contribution is -2.10. The van der Waals surface area contributed by atoms with Gasteiger partial charge in [0.25, 0.3) is 0 Å². The van der Waals surface area contributed by atoms with Crippen LogP contribution in [0.1, 0.15) is 24.6 Å². The molecule has 0 spiro atoms. The Balaban J connectivity index is 1.79. The van der Waals surface area contributed by atoms with Crippen LogP contribution in [0.4, 0.5) is 4.39 Å². The van der Waals surface area contributed by atoms with Crippen molar-refractivity contribution in [1.82, 2.24) is 39.7 Å². The molecule has 0 amide bonds. The molecule has 0 fully saturated rings. The summed E-state index contributed by atoms with van der Waals surface area (Å²) in [4.78, 5) is 35.1. The number of fused-ring (bicyclic) bond motifs is 9. The lowest BCUT2D eigenvalue weighted by Gasteiger charge is -2.07. The lowest BCUT2D eigenvalue weighted by atomic mass is 10.2. The summed E-state index contributed by atoms with van der Waals surface area (Å²) in [6, 6.07) is 5.59. The minimum atomic E-state index is -0.548. The first-order valence-corrected chi connectivity index (χ1v) is 12.2. The van der Waals surface area contributed by atoms with Crippen LogP contribution in [0.5, 0.6) is 0 Å². The summed E-state index contributed by atoms with van der Waals surface area (Å²) in [6.45, 7) is 1.96. The number of aromatic amines is 2. The largest absolute Gasteiger partial charge is 0.335 e. The molecule has 0 saturated carbocycles. The van der Waals surface area contributed by atoms with Gasteiger partial charge in [-0.3, -0.25) is 29.4 Å². The summed E-state index contributed by atoms with van der Waals surface area (Å²) in [7, 11) is 0. The number of nitrogens with zero attached hydrogens (tertiary/aromatic N) is 6. The topological polar surface area (TPSA) is 118 Å². The molecule has 11 heteroatoms. The SMILES string of the molecule is CCCC(=O)n1c2cncc(c2)c2ncc3[nH]nc(c4nc5c(cncc5c5ccc1s5)[nH]4)c3c2F. The molecular formula is C25H17FN8OS. The molecule has 9 nitrogen and oxygen atoms in total. The molecular weight excluding hydrogens is 479 g/mol. The number of hydrogen-bond acceptors (Lipinski definition) is 7. The Bertz CT molecular complexity index is 2070. The number of carbonyl (C=O) groups excluding carboxylic acids is 1. The van der Waals surface area contributed by atoms with Gasteiger partial charge >= 0.3 is 0 Å². The number of H-pyrrole nitrogens is 2. The van der Waals surface area contributed by atoms with E-state index in [1.807, 2.05) is 19.1 Å². The first-order valence-electron chi connectivity index (χ1n) is 11.4. The second-order valence-electron chi connectivity index (χ2n) is 8.50. The number of carbonyl (C=O) groups is 1. The molecule has 0 saturated heterocycles. The molecule has 0 aliphatic heterocycles. The van der Waals surface area contributed by atoms with Gasteiger partial charge in [-0.25, -0.2) is 9.37 Å². The van der Waals surface area contributed by atoms with Crippen molar-refractivity contribution >= 4 is 81.7 Å². The molecule has 0 radical (unpaired) electrons. The van der Waals surface area contributed by atoms with Crippen molar-refractivity contribution in [3.05, 3.63) is 55.0 Å². The number of thiophene rings is 1. The number of aromatic nitrogens is 8. The first-order chi connectivity index (χ1) is 17.6. The second-order valence-corrected chi connectivity index (χ2v) is 9.56. The van der Waals surface area contributed by atoms with E-state index in [9.17, 15) is 4.79 Å². The van der Waals surface area contributed by atoms with Gasteiger partial charge in [-0.15, -0.1) is 11.3 Å². The molecule has 0 atom stereocenters. The van der Waals surface area contributed by atoms with E-state index in [0.717, 1.165) is 14.9 Å². The number of hydrogen-bond donors (Lipinski definition) is 2. The summed E-state index contributed by atoms with van der Waals surface area (Å²) in [5, 5.41) is 8.73. The molecule has 8 bridgehead atoms. The Labute approximate surface area is 205 Å². The van der Waals surface area contributed by atoms with Crippen molar-refractivity contribution in [3.8, 4) is 0 Å². The fraction of sp³-hybridized carbons (Fsp3) is 0.120. The Morgan fingerprint density at radius 2 is 1.94 bits per heavy atom. The maximum absolute atomic E-state index is 16.0. The zero-order valence-corrected chi connectivity index (χ0v) is 19.7. The van der Waals surface area contributed by atoms with Gasteiger partial charge < -0.3 is 4.98 Å². The van der Waals surface area contributed by atoms with E-state index in [2.05, 4.69) is 30.1 Å². The van der Waals surface area contributed by atoms with E-state index >= 15 is 4.39 Å². The predicted octanol–water partition coefficient (Wildman–Crippen LogP) is 5.80. The Morgan fingerprint density at radius 3 is 2.83 bits per heavy atom. The third-order valence-electron chi connectivity index (χ3n) is 6.21. The first kappa shape index (κ1) is 20.8. The fourth-order valence-corrected chi connectivity index (χ4v) is 5.62. The molecule has 7 heterocycles. The van der Waals surface area contributed by atoms with Gasteiger partial charge in [-0.1, -0.05) is 6.92 Å². The lowest BCUT2D eigenvalue weighted by molar-refractivity contribution is 0.0912. The van der Waals surface area contributed by atoms with Gasteiger partial charge in [0.1, 0.15) is 21.4 Å². The maximum atomic E-state index is 16.0. The zero-order chi connectivity index (χ0) is 24.4. The Kier molecular flexibility index (Phi) is 4.48. The smallest absolute Gasteiger partial charge is 0.232 e. The molecule has 176 valence electrons. The van der Waals surface area contributed by atoms with Crippen LogP contribution in [0.15, 0.2) is 49.2 Å². The molecule has 0 unspecified atom stereocenters. The highest BCUT2D eigenvalue weighted by Crippen LogP contribution is 2.31. The van der Waals surface area contributed by atoms with Crippen molar-refractivity contribution < 1.29 is 9.18 Å². The van der Waals surface area contributed by atoms with Crippen molar-refractivity contribution in [2.24, 2.45) is 0 Å². The third-order valence-corrected chi connectivity index (χ3v) is 7.31. The van der Waals surface area contributed by atoms with Crippen LogP contribution in [0.3, 0.4) is 0 Å². The van der Waals surface area contributed by atoms with Crippen LogP contribution < -0.4 is 0 Å². The number of pyridine rings is 3. The summed E-state index contributed by atoms with van der Waals surface area (Å²) in [6.07, 6.45) is 9.15. The molecule has 7 aromatic rings. The van der Waals surface area contributed by atoms with Crippen LogP contribution >= 0.6 is 11.3 Å². The summed E-state index contributed by atoms with van der Waals surface area (Å²) in [5.74, 6) is -0.623. The molecule has 7 aromatic heterocycles. The predicted molar refractivity (Wildman–Crippen MR) is 138 cm³/mol. The van der Waals surface area contributed by atoms with Crippen LogP contribution in [0.2, 0.25) is 0 Å². The van der Waals surface area contributed by atoms with E-state index in [4.69, 9.17) is 4.98 Å². The molecule has 36 heavy (non-hydrogen) atoms. The number of nitrogens with one attached hydrogen (secondary N) is 2. The number of rotatable bonds is 2. The van der Waals surface area contributed by atoms with Crippen LogP contribution in [-0.2, 0) is 0 Å². The molecule has 2 N–H and O–H groups in total. The van der Waals surface area contributed by atoms with Gasteiger partial charge in [0.2, 0.25) is 5.91 Å². The average molecular weight is 497 g/mol. The summed E-state index contributed by atoms with van der Waals surface area (Å²) >= 11 is 1.45. The van der Waals surface area contributed by atoms with Crippen molar-refractivity contribution in [2.45, 2.75) is 19.8 Å².